The van der Waals surface area contributed by atoms with Crippen LogP contribution in [0.4, 0.5) is 5.13 Å². The minimum atomic E-state index is -1.22. The Morgan fingerprint density at radius 3 is 2.23 bits per heavy atom. The number of nitrogens with zero attached hydrogens (tertiary/aromatic N) is 5. The number of hydrogen-bond acceptors (Lipinski definition) is 11. The fourth-order valence-corrected chi connectivity index (χ4v) is 10.0. The number of amides is 2. The third-order valence-corrected chi connectivity index (χ3v) is 12.8. The number of thiazole rings is 2. The normalized spacial score (nSPS) is 17.2. The molecule has 2 aliphatic heterocycles. The van der Waals surface area contributed by atoms with Crippen molar-refractivity contribution in [3.05, 3.63) is 159 Å². The van der Waals surface area contributed by atoms with Crippen LogP contribution in [0.1, 0.15) is 39.9 Å². The minimum absolute atomic E-state index is 0.0971. The molecule has 15 heteroatoms. The zero-order valence-corrected chi connectivity index (χ0v) is 32.6. The summed E-state index contributed by atoms with van der Waals surface area (Å²) in [5.74, 6) is -2.08. The maximum Gasteiger partial charge on any atom is 0.352 e. The van der Waals surface area contributed by atoms with Gasteiger partial charge in [0.1, 0.15) is 46.1 Å². The van der Waals surface area contributed by atoms with E-state index in [4.69, 9.17) is 9.82 Å². The number of nitrogens with one attached hydrogen (secondary N) is 2. The maximum absolute atomic E-state index is 14.0. The number of allylic oxidation sites excluding steroid dienone is 1. The second-order valence-corrected chi connectivity index (χ2v) is 15.9. The molecule has 0 radical (unpaired) electrons. The van der Waals surface area contributed by atoms with Crippen molar-refractivity contribution in [3.63, 3.8) is 0 Å². The first-order chi connectivity index (χ1) is 27.3. The van der Waals surface area contributed by atoms with Gasteiger partial charge in [-0.2, -0.15) is 0 Å². The summed E-state index contributed by atoms with van der Waals surface area (Å²) in [5, 5.41) is 22.5. The van der Waals surface area contributed by atoms with Crippen molar-refractivity contribution < 1.29 is 24.3 Å². The number of thioether (sulfide) groups is 1. The van der Waals surface area contributed by atoms with Crippen molar-refractivity contribution in [2.45, 2.75) is 30.8 Å². The van der Waals surface area contributed by atoms with Crippen LogP contribution in [0.5, 0.6) is 0 Å². The van der Waals surface area contributed by atoms with Crippen molar-refractivity contribution in [2.24, 2.45) is 5.16 Å². The number of hydrogen-bond donors (Lipinski definition) is 3. The molecule has 3 N–H and O–H groups in total. The van der Waals surface area contributed by atoms with Gasteiger partial charge >= 0.3 is 5.97 Å². The zero-order valence-electron chi connectivity index (χ0n) is 30.2. The van der Waals surface area contributed by atoms with E-state index in [1.165, 1.54) is 39.3 Å². The lowest BCUT2D eigenvalue weighted by molar-refractivity contribution is -0.150. The predicted molar refractivity (Wildman–Crippen MR) is 220 cm³/mol. The molecule has 0 saturated carbocycles. The van der Waals surface area contributed by atoms with Gasteiger partial charge in [0.2, 0.25) is 0 Å². The highest BCUT2D eigenvalue weighted by Gasteiger charge is 2.54. The van der Waals surface area contributed by atoms with Crippen molar-refractivity contribution in [1.82, 2.24) is 24.6 Å². The fraction of sp³-hybridized carbons (Fsp3) is 0.171. The standard InChI is InChI=1S/C41H35N7O5S3/c1-3-53-46-33(30-23-55-40(43-30)45-41(27-13-7-4-8-14-27,28-15-9-5-10-16-28)29-17-11-6-12-18-29)36(49)44-34-37(50)48-35(39(51)52)26(22-54-38(34)48)19-20-31-25(2)47-24-42-21-32(47)56-31/h4-21,23-24,34,38H,3,22H2,1-2H3,(H,43,45)(H,44,49)(H,51,52)/b20-19+,46-33-/t34-,38-/m1/s1. The number of benzene rings is 3. The van der Waals surface area contributed by atoms with Crippen LogP contribution < -0.4 is 10.6 Å². The molecule has 12 nitrogen and oxygen atoms in total. The summed E-state index contributed by atoms with van der Waals surface area (Å²) in [5.41, 5.74) is 3.64. The van der Waals surface area contributed by atoms with Crippen molar-refractivity contribution in [1.29, 1.82) is 0 Å². The summed E-state index contributed by atoms with van der Waals surface area (Å²) in [4.78, 5) is 57.7. The molecule has 0 aliphatic carbocycles. The van der Waals surface area contributed by atoms with E-state index in [9.17, 15) is 19.5 Å². The number of aryl methyl sites for hydroxylation is 1. The lowest BCUT2D eigenvalue weighted by Crippen LogP contribution is -2.71. The third kappa shape index (κ3) is 6.67. The summed E-state index contributed by atoms with van der Waals surface area (Å²) in [7, 11) is 0. The Kier molecular flexibility index (Phi) is 10.3. The maximum atomic E-state index is 14.0. The monoisotopic (exact) mass is 801 g/mol. The quantitative estimate of drug-likeness (QED) is 0.0499. The Hall–Kier alpha value is -6.03. The van der Waals surface area contributed by atoms with Gasteiger partial charge in [-0.3, -0.25) is 18.9 Å². The van der Waals surface area contributed by atoms with Gasteiger partial charge in [-0.15, -0.1) is 34.4 Å². The van der Waals surface area contributed by atoms with E-state index in [-0.39, 0.29) is 23.7 Å². The number of aromatic nitrogens is 3. The largest absolute Gasteiger partial charge is 0.477 e. The molecular weight excluding hydrogens is 767 g/mol. The molecule has 8 rings (SSSR count). The molecule has 3 aromatic carbocycles. The summed E-state index contributed by atoms with van der Waals surface area (Å²) >= 11 is 4.23. The fourth-order valence-electron chi connectivity index (χ4n) is 6.94. The molecule has 3 aromatic heterocycles. The lowest BCUT2D eigenvalue weighted by atomic mass is 9.77. The van der Waals surface area contributed by atoms with Crippen LogP contribution in [0.2, 0.25) is 0 Å². The number of anilines is 1. The smallest absolute Gasteiger partial charge is 0.352 e. The highest BCUT2D eigenvalue weighted by molar-refractivity contribution is 8.00. The number of carbonyl (C=O) groups excluding carboxylic acids is 2. The second kappa shape index (κ2) is 15.6. The Morgan fingerprint density at radius 1 is 1.00 bits per heavy atom. The predicted octanol–water partition coefficient (Wildman–Crippen LogP) is 6.76. The highest BCUT2D eigenvalue weighted by atomic mass is 32.2. The van der Waals surface area contributed by atoms with Gasteiger partial charge in [0.05, 0.1) is 6.20 Å². The van der Waals surface area contributed by atoms with Gasteiger partial charge in [0, 0.05) is 21.7 Å². The number of carbonyl (C=O) groups is 3. The third-order valence-electron chi connectivity index (χ3n) is 9.62. The highest BCUT2D eigenvalue weighted by Crippen LogP contribution is 2.42. The number of imidazole rings is 1. The molecule has 1 saturated heterocycles. The molecule has 5 heterocycles. The topological polar surface area (TPSA) is 151 Å². The minimum Gasteiger partial charge on any atom is -0.477 e. The molecule has 0 unspecified atom stereocenters. The molecule has 282 valence electrons. The molecule has 56 heavy (non-hydrogen) atoms. The lowest BCUT2D eigenvalue weighted by Gasteiger charge is -2.49. The van der Waals surface area contributed by atoms with E-state index in [1.54, 1.807) is 30.9 Å². The average Bonchev–Trinajstić information content (AvgIpc) is 3.97. The van der Waals surface area contributed by atoms with Gasteiger partial charge in [0.15, 0.2) is 10.8 Å². The Bertz CT molecular complexity index is 2410. The van der Waals surface area contributed by atoms with Crippen LogP contribution in [0.25, 0.3) is 10.9 Å². The molecule has 6 aromatic rings. The first kappa shape index (κ1) is 36.9. The first-order valence-electron chi connectivity index (χ1n) is 17.7. The van der Waals surface area contributed by atoms with Crippen LogP contribution >= 0.6 is 34.4 Å². The van der Waals surface area contributed by atoms with Crippen LogP contribution in [0.3, 0.4) is 0 Å². The Balaban J connectivity index is 1.05. The average molecular weight is 802 g/mol. The molecule has 2 atom stereocenters. The van der Waals surface area contributed by atoms with E-state index >= 15 is 0 Å². The Labute approximate surface area is 334 Å². The van der Waals surface area contributed by atoms with Crippen LogP contribution in [-0.4, -0.2) is 71.6 Å². The zero-order chi connectivity index (χ0) is 38.8. The van der Waals surface area contributed by atoms with E-state index < -0.39 is 34.7 Å². The van der Waals surface area contributed by atoms with E-state index in [1.807, 2.05) is 72.0 Å². The Morgan fingerprint density at radius 2 is 1.64 bits per heavy atom. The number of aliphatic carboxylic acids is 1. The van der Waals surface area contributed by atoms with Gasteiger partial charge in [-0.05, 0) is 42.2 Å². The van der Waals surface area contributed by atoms with E-state index in [0.717, 1.165) is 32.1 Å². The number of β-lactam (4-membered cyclic amide) rings is 1. The SMILES string of the molecule is CCO/N=C(\C(=O)N[C@@H]1C(=O)N2C(C(=O)O)=C(/C=C/c3sc4cncn4c3C)CS[C@H]12)c1csc(NC(c2ccccc2)(c2ccccc2)c2ccccc2)n1. The van der Waals surface area contributed by atoms with Gasteiger partial charge in [0.25, 0.3) is 11.8 Å². The number of oxime groups is 1. The van der Waals surface area contributed by atoms with Crippen LogP contribution in [0, 0.1) is 6.92 Å². The van der Waals surface area contributed by atoms with Crippen LogP contribution in [-0.2, 0) is 24.8 Å². The summed E-state index contributed by atoms with van der Waals surface area (Å²) in [6.45, 7) is 3.91. The van der Waals surface area contributed by atoms with Crippen molar-refractivity contribution in [2.75, 3.05) is 17.7 Å². The molecule has 0 bridgehead atoms. The number of rotatable bonds is 13. The van der Waals surface area contributed by atoms with E-state index in [2.05, 4.69) is 57.2 Å². The van der Waals surface area contributed by atoms with Gasteiger partial charge in [-0.1, -0.05) is 102 Å². The van der Waals surface area contributed by atoms with Crippen molar-refractivity contribution >= 4 is 74.0 Å². The molecule has 1 fully saturated rings. The van der Waals surface area contributed by atoms with Crippen LogP contribution in [0.15, 0.2) is 131 Å². The van der Waals surface area contributed by atoms with Crippen molar-refractivity contribution in [3.8, 4) is 0 Å². The molecular formula is C41H35N7O5S3. The molecule has 0 spiro atoms. The van der Waals surface area contributed by atoms with Gasteiger partial charge in [-0.25, -0.2) is 14.8 Å². The number of fused-ring (bicyclic) bond motifs is 2. The summed E-state index contributed by atoms with van der Waals surface area (Å²) < 4.78 is 1.97. The summed E-state index contributed by atoms with van der Waals surface area (Å²) in [6, 6.07) is 29.3. The number of carboxylic acids is 1. The number of carboxylic acid groups (broad SMARTS) is 1. The molecule has 2 aliphatic rings. The van der Waals surface area contributed by atoms with Gasteiger partial charge < -0.3 is 20.6 Å². The molecule has 2 amide bonds. The second-order valence-electron chi connectivity index (χ2n) is 12.9. The summed E-state index contributed by atoms with van der Waals surface area (Å²) in [6.07, 6.45) is 7.12. The first-order valence-corrected chi connectivity index (χ1v) is 20.5. The van der Waals surface area contributed by atoms with E-state index in [0.29, 0.717) is 16.5 Å².